The molecule has 1 aliphatic carbocycles. The monoisotopic (exact) mass is 512 g/mol. The third kappa shape index (κ3) is 4.61. The van der Waals surface area contributed by atoms with E-state index >= 15 is 0 Å². The summed E-state index contributed by atoms with van der Waals surface area (Å²) in [6.07, 6.45) is -1.45. The Labute approximate surface area is 208 Å². The number of aromatic amines is 1. The van der Waals surface area contributed by atoms with Gasteiger partial charge < -0.3 is 15.8 Å². The summed E-state index contributed by atoms with van der Waals surface area (Å²) < 4.78 is 47.7. The van der Waals surface area contributed by atoms with Crippen molar-refractivity contribution in [2.45, 2.75) is 31.9 Å². The summed E-state index contributed by atoms with van der Waals surface area (Å²) in [6, 6.07) is 9.22. The highest BCUT2D eigenvalue weighted by Crippen LogP contribution is 2.44. The molecule has 0 bridgehead atoms. The number of nitrogens with zero attached hydrogens (tertiary/aromatic N) is 3. The van der Waals surface area contributed by atoms with Gasteiger partial charge in [-0.2, -0.15) is 10.2 Å². The number of rotatable bonds is 8. The van der Waals surface area contributed by atoms with Crippen molar-refractivity contribution < 1.29 is 22.7 Å². The first-order valence-corrected chi connectivity index (χ1v) is 11.5. The molecule has 1 saturated carbocycles. The standard InChI is InChI=1S/C25H23F3N6O3/c1-37-17-9-8-15(26)10-16(17)24(35)30-11-12-2-4-13(5-3-12)19-18-21(25(36)32-31-23(18)29)34(33-19)20(22(27)28)14-6-7-14/h2-5,8-10,14,20,22H,6-7,11H2,1H3,(H2,29,31)(H,30,35)(H,32,36)/t20-/m1/s1. The van der Waals surface area contributed by atoms with Crippen LogP contribution in [-0.2, 0) is 6.54 Å². The lowest BCUT2D eigenvalue weighted by Crippen LogP contribution is -2.24. The number of hydrogen-bond acceptors (Lipinski definition) is 6. The predicted molar refractivity (Wildman–Crippen MR) is 130 cm³/mol. The molecule has 192 valence electrons. The van der Waals surface area contributed by atoms with Crippen LogP contribution in [0.4, 0.5) is 19.0 Å². The van der Waals surface area contributed by atoms with Crippen molar-refractivity contribution in [2.24, 2.45) is 5.92 Å². The zero-order chi connectivity index (χ0) is 26.3. The predicted octanol–water partition coefficient (Wildman–Crippen LogP) is 3.66. The molecule has 0 unspecified atom stereocenters. The van der Waals surface area contributed by atoms with Crippen LogP contribution in [0, 0.1) is 11.7 Å². The van der Waals surface area contributed by atoms with Crippen LogP contribution in [0.5, 0.6) is 5.75 Å². The Bertz CT molecular complexity index is 1530. The molecule has 0 aliphatic heterocycles. The van der Waals surface area contributed by atoms with Gasteiger partial charge in [-0.1, -0.05) is 24.3 Å². The Hall–Kier alpha value is -4.35. The van der Waals surface area contributed by atoms with Crippen LogP contribution in [0.25, 0.3) is 22.2 Å². The number of ether oxygens (including phenoxy) is 1. The largest absolute Gasteiger partial charge is 0.496 e. The number of benzene rings is 2. The molecule has 4 aromatic rings. The minimum absolute atomic E-state index is 0.0277. The number of methoxy groups -OCH3 is 1. The first-order valence-electron chi connectivity index (χ1n) is 11.5. The van der Waals surface area contributed by atoms with Crippen molar-refractivity contribution in [3.8, 4) is 17.0 Å². The van der Waals surface area contributed by atoms with Crippen LogP contribution in [0.2, 0.25) is 0 Å². The maximum absolute atomic E-state index is 14.0. The van der Waals surface area contributed by atoms with Gasteiger partial charge in [0.25, 0.3) is 17.9 Å². The SMILES string of the molecule is COc1ccc(F)cc1C(=O)NCc1ccc(-c2nn([C@@H](C(F)F)C3CC3)c3c(=O)[nH]nc(N)c23)cc1. The first kappa shape index (κ1) is 24.3. The molecular weight excluding hydrogens is 489 g/mol. The molecule has 2 heterocycles. The maximum atomic E-state index is 14.0. The molecule has 0 spiro atoms. The lowest BCUT2D eigenvalue weighted by atomic mass is 10.1. The molecule has 4 N–H and O–H groups in total. The van der Waals surface area contributed by atoms with Crippen molar-refractivity contribution in [1.82, 2.24) is 25.3 Å². The maximum Gasteiger partial charge on any atom is 0.290 e. The molecule has 1 amide bonds. The molecule has 5 rings (SSSR count). The number of nitrogens with one attached hydrogen (secondary N) is 2. The van der Waals surface area contributed by atoms with Gasteiger partial charge in [-0.15, -0.1) is 0 Å². The van der Waals surface area contributed by atoms with Crippen LogP contribution in [-0.4, -0.2) is 39.4 Å². The van der Waals surface area contributed by atoms with E-state index in [4.69, 9.17) is 10.5 Å². The number of carbonyl (C=O) groups excluding carboxylic acids is 1. The Balaban J connectivity index is 1.44. The van der Waals surface area contributed by atoms with Gasteiger partial charge in [0.15, 0.2) is 5.82 Å². The number of aromatic nitrogens is 4. The van der Waals surface area contributed by atoms with E-state index in [0.29, 0.717) is 24.0 Å². The average Bonchev–Trinajstić information content (AvgIpc) is 3.63. The van der Waals surface area contributed by atoms with Gasteiger partial charge in [0.05, 0.1) is 18.1 Å². The molecule has 12 heteroatoms. The third-order valence-corrected chi connectivity index (χ3v) is 6.39. The van der Waals surface area contributed by atoms with Gasteiger partial charge in [0, 0.05) is 12.1 Å². The molecule has 2 aromatic carbocycles. The summed E-state index contributed by atoms with van der Waals surface area (Å²) in [4.78, 5) is 25.2. The fourth-order valence-corrected chi connectivity index (χ4v) is 4.40. The number of amides is 1. The first-order chi connectivity index (χ1) is 17.8. The van der Waals surface area contributed by atoms with Gasteiger partial charge in [-0.25, -0.2) is 23.0 Å². The Morgan fingerprint density at radius 2 is 1.97 bits per heavy atom. The molecule has 1 fully saturated rings. The molecule has 1 aliphatic rings. The van der Waals surface area contributed by atoms with Crippen molar-refractivity contribution in [2.75, 3.05) is 12.8 Å². The van der Waals surface area contributed by atoms with Gasteiger partial charge >= 0.3 is 0 Å². The van der Waals surface area contributed by atoms with Crippen LogP contribution in [0.15, 0.2) is 47.3 Å². The number of carbonyl (C=O) groups is 1. The number of hydrogen-bond donors (Lipinski definition) is 3. The minimum Gasteiger partial charge on any atom is -0.496 e. The zero-order valence-electron chi connectivity index (χ0n) is 19.7. The van der Waals surface area contributed by atoms with Crippen molar-refractivity contribution in [3.63, 3.8) is 0 Å². The quantitative estimate of drug-likeness (QED) is 0.331. The van der Waals surface area contributed by atoms with Crippen molar-refractivity contribution in [3.05, 3.63) is 69.8 Å². The topological polar surface area (TPSA) is 128 Å². The second-order valence-electron chi connectivity index (χ2n) is 8.84. The number of fused-ring (bicyclic) bond motifs is 1. The molecule has 1 atom stereocenters. The van der Waals surface area contributed by atoms with E-state index in [-0.39, 0.29) is 46.2 Å². The van der Waals surface area contributed by atoms with Crippen molar-refractivity contribution >= 4 is 22.6 Å². The number of halogens is 3. The summed E-state index contributed by atoms with van der Waals surface area (Å²) in [5, 5.41) is 13.4. The van der Waals surface area contributed by atoms with Crippen LogP contribution < -0.4 is 21.3 Å². The van der Waals surface area contributed by atoms with E-state index in [1.54, 1.807) is 24.3 Å². The van der Waals surface area contributed by atoms with Crippen LogP contribution >= 0.6 is 0 Å². The third-order valence-electron chi connectivity index (χ3n) is 6.39. The van der Waals surface area contributed by atoms with Gasteiger partial charge in [0.1, 0.15) is 28.8 Å². The van der Waals surface area contributed by atoms with Gasteiger partial charge in [0.2, 0.25) is 0 Å². The normalized spacial score (nSPS) is 14.2. The van der Waals surface area contributed by atoms with Crippen LogP contribution in [0.3, 0.4) is 0 Å². The molecular formula is C25H23F3N6O3. The zero-order valence-corrected chi connectivity index (χ0v) is 19.7. The van der Waals surface area contributed by atoms with Crippen molar-refractivity contribution in [1.29, 1.82) is 0 Å². The molecule has 2 aromatic heterocycles. The molecule has 9 nitrogen and oxygen atoms in total. The van der Waals surface area contributed by atoms with Crippen LogP contribution in [0.1, 0.15) is 34.8 Å². The highest BCUT2D eigenvalue weighted by Gasteiger charge is 2.41. The smallest absolute Gasteiger partial charge is 0.290 e. The Morgan fingerprint density at radius 3 is 2.62 bits per heavy atom. The van der Waals surface area contributed by atoms with E-state index in [9.17, 15) is 22.8 Å². The summed E-state index contributed by atoms with van der Waals surface area (Å²) in [6.45, 7) is 0.131. The summed E-state index contributed by atoms with van der Waals surface area (Å²) in [5.74, 6) is -1.13. The second-order valence-corrected chi connectivity index (χ2v) is 8.84. The number of nitrogen functional groups attached to an aromatic ring is 1. The summed E-state index contributed by atoms with van der Waals surface area (Å²) >= 11 is 0. The Morgan fingerprint density at radius 1 is 1.24 bits per heavy atom. The average molecular weight is 512 g/mol. The lowest BCUT2D eigenvalue weighted by molar-refractivity contribution is 0.0672. The minimum atomic E-state index is -2.71. The Kier molecular flexibility index (Phi) is 6.32. The number of nitrogens with two attached hydrogens (primary N) is 1. The summed E-state index contributed by atoms with van der Waals surface area (Å²) in [7, 11) is 1.39. The number of anilines is 1. The van der Waals surface area contributed by atoms with E-state index in [1.165, 1.54) is 19.2 Å². The fraction of sp³-hybridized carbons (Fsp3) is 0.280. The number of alkyl halides is 2. The van der Waals surface area contributed by atoms with E-state index in [0.717, 1.165) is 10.7 Å². The highest BCUT2D eigenvalue weighted by molar-refractivity contribution is 5.99. The number of H-pyrrole nitrogens is 1. The van der Waals surface area contributed by atoms with Gasteiger partial charge in [-0.05, 0) is 42.5 Å². The second kappa shape index (κ2) is 9.60. The van der Waals surface area contributed by atoms with E-state index in [2.05, 4.69) is 20.6 Å². The van der Waals surface area contributed by atoms with Gasteiger partial charge in [-0.3, -0.25) is 9.59 Å². The molecule has 37 heavy (non-hydrogen) atoms. The highest BCUT2D eigenvalue weighted by atomic mass is 19.3. The lowest BCUT2D eigenvalue weighted by Gasteiger charge is -2.16. The van der Waals surface area contributed by atoms with E-state index < -0.39 is 29.8 Å². The van der Waals surface area contributed by atoms with E-state index in [1.807, 2.05) is 0 Å². The molecule has 0 radical (unpaired) electrons. The molecule has 0 saturated heterocycles. The summed E-state index contributed by atoms with van der Waals surface area (Å²) in [5.41, 5.74) is 6.92. The fourth-order valence-electron chi connectivity index (χ4n) is 4.40.